The minimum Gasteiger partial charge on any atom is -0.309 e. The molecule has 0 fully saturated rings. The summed E-state index contributed by atoms with van der Waals surface area (Å²) in [4.78, 5) is 38.4. The van der Waals surface area contributed by atoms with E-state index in [0.29, 0.717) is 55.2 Å². The highest BCUT2D eigenvalue weighted by Gasteiger charge is 2.36. The summed E-state index contributed by atoms with van der Waals surface area (Å²) in [5.74, 6) is -1.18. The van der Waals surface area contributed by atoms with Crippen LogP contribution in [0.2, 0.25) is 10.0 Å². The maximum atomic E-state index is 14.4. The Kier molecular flexibility index (Phi) is 12.3. The van der Waals surface area contributed by atoms with Gasteiger partial charge in [0.25, 0.3) is 0 Å². The predicted octanol–water partition coefficient (Wildman–Crippen LogP) is 8.09. The smallest absolute Gasteiger partial charge is 0.309 e. The second-order valence-electron chi connectivity index (χ2n) is 11.7. The summed E-state index contributed by atoms with van der Waals surface area (Å²) in [5, 5.41) is 0.884. The Labute approximate surface area is 303 Å². The highest BCUT2D eigenvalue weighted by molar-refractivity contribution is 6.32. The molecule has 0 aromatic heterocycles. The van der Waals surface area contributed by atoms with Crippen LogP contribution >= 0.6 is 23.2 Å². The molecule has 266 valence electrons. The first-order chi connectivity index (χ1) is 24.4. The third kappa shape index (κ3) is 9.21. The minimum absolute atomic E-state index is 0.0196. The van der Waals surface area contributed by atoms with Crippen LogP contribution in [0.15, 0.2) is 101 Å². The van der Waals surface area contributed by atoms with Crippen LogP contribution in [0, 0.1) is 5.82 Å². The van der Waals surface area contributed by atoms with Gasteiger partial charge in [0, 0.05) is 45.4 Å². The Bertz CT molecular complexity index is 1950. The second kappa shape index (κ2) is 16.6. The summed E-state index contributed by atoms with van der Waals surface area (Å²) in [6, 6.07) is 25.2. The van der Waals surface area contributed by atoms with E-state index in [-0.39, 0.29) is 30.5 Å². The van der Waals surface area contributed by atoms with Gasteiger partial charge in [0.05, 0.1) is 22.8 Å². The van der Waals surface area contributed by atoms with Gasteiger partial charge in [-0.25, -0.2) is 4.39 Å². The second-order valence-corrected chi connectivity index (χ2v) is 12.5. The van der Waals surface area contributed by atoms with Gasteiger partial charge in [-0.3, -0.25) is 19.6 Å². The third-order valence-electron chi connectivity index (χ3n) is 8.40. The van der Waals surface area contributed by atoms with Crippen molar-refractivity contribution < 1.29 is 27.2 Å². The van der Waals surface area contributed by atoms with Gasteiger partial charge >= 0.3 is 6.18 Å². The van der Waals surface area contributed by atoms with Crippen molar-refractivity contribution in [3.05, 3.63) is 129 Å². The molecule has 0 atom stereocenters. The van der Waals surface area contributed by atoms with Gasteiger partial charge in [-0.05, 0) is 61.6 Å². The van der Waals surface area contributed by atoms with Crippen molar-refractivity contribution in [1.29, 1.82) is 0 Å². The number of benzene rings is 4. The van der Waals surface area contributed by atoms with Crippen LogP contribution in [0.4, 0.5) is 28.9 Å². The summed E-state index contributed by atoms with van der Waals surface area (Å²) >= 11 is 12.2. The van der Waals surface area contributed by atoms with Gasteiger partial charge in [-0.1, -0.05) is 79.5 Å². The molecule has 6 rings (SSSR count). The molecule has 2 aliphatic heterocycles. The highest BCUT2D eigenvalue weighted by Crippen LogP contribution is 2.33. The molecule has 0 aliphatic carbocycles. The number of hydrogen-bond acceptors (Lipinski definition) is 5. The average Bonchev–Trinajstić information content (AvgIpc) is 3.32. The number of anilines is 2. The van der Waals surface area contributed by atoms with Gasteiger partial charge in [0.1, 0.15) is 25.5 Å². The summed E-state index contributed by atoms with van der Waals surface area (Å²) in [5.41, 5.74) is 3.96. The van der Waals surface area contributed by atoms with Gasteiger partial charge in [0.15, 0.2) is 0 Å². The van der Waals surface area contributed by atoms with E-state index in [1.807, 2.05) is 12.1 Å². The molecule has 0 saturated heterocycles. The van der Waals surface area contributed by atoms with E-state index >= 15 is 0 Å². The lowest BCUT2D eigenvalue weighted by atomic mass is 9.99. The zero-order valence-electron chi connectivity index (χ0n) is 27.9. The van der Waals surface area contributed by atoms with Crippen LogP contribution < -0.4 is 9.80 Å². The van der Waals surface area contributed by atoms with Crippen molar-refractivity contribution >= 4 is 57.8 Å². The number of halogens is 6. The zero-order chi connectivity index (χ0) is 36.7. The van der Waals surface area contributed by atoms with E-state index in [0.717, 1.165) is 25.3 Å². The van der Waals surface area contributed by atoms with Crippen molar-refractivity contribution in [3.8, 4) is 0 Å². The number of carbonyl (C=O) groups excluding carboxylic acids is 2. The number of fused-ring (bicyclic) bond motifs is 2. The van der Waals surface area contributed by atoms with Gasteiger partial charge in [-0.2, -0.15) is 13.2 Å². The normalized spacial score (nSPS) is 14.5. The molecule has 0 unspecified atom stereocenters. The van der Waals surface area contributed by atoms with Crippen LogP contribution in [0.1, 0.15) is 36.1 Å². The number of likely N-dealkylation sites (N-methyl/N-ethyl adjacent to an activating group) is 1. The lowest BCUT2D eigenvalue weighted by molar-refractivity contribution is -0.131. The molecule has 13 heteroatoms. The minimum atomic E-state index is -4.51. The SMILES string of the molecule is CCN(CC)CCN1C(=O)CN=C(c2ccccc2F)c2cc(Cl)ccc21.O=C1CN=C(c2ccccc2)c2cc(Cl)ccc2N1CC(F)(F)F. The van der Waals surface area contributed by atoms with Crippen molar-refractivity contribution in [3.63, 3.8) is 0 Å². The topological polar surface area (TPSA) is 68.6 Å². The fourth-order valence-electron chi connectivity index (χ4n) is 5.88. The first-order valence-corrected chi connectivity index (χ1v) is 17.0. The van der Waals surface area contributed by atoms with E-state index in [4.69, 9.17) is 23.2 Å². The number of alkyl halides is 3. The highest BCUT2D eigenvalue weighted by atomic mass is 35.5. The van der Waals surface area contributed by atoms with Gasteiger partial charge in [0.2, 0.25) is 11.8 Å². The zero-order valence-corrected chi connectivity index (χ0v) is 29.4. The van der Waals surface area contributed by atoms with E-state index in [1.165, 1.54) is 24.3 Å². The molecule has 2 amide bonds. The Balaban J connectivity index is 0.000000199. The van der Waals surface area contributed by atoms with E-state index in [9.17, 15) is 27.2 Å². The van der Waals surface area contributed by atoms with Crippen molar-refractivity contribution in [2.75, 3.05) is 55.6 Å². The first-order valence-electron chi connectivity index (χ1n) is 16.3. The Morgan fingerprint density at radius 3 is 1.82 bits per heavy atom. The van der Waals surface area contributed by atoms with Crippen LogP contribution in [0.3, 0.4) is 0 Å². The standard InChI is InChI=1S/C21H23ClFN3O.C17H12ClF3N2O/c1-3-25(4-2)11-12-26-19-10-9-15(22)13-17(19)21(24-14-20(26)27)16-7-5-6-8-18(16)23;18-12-6-7-14-13(8-12)16(11-4-2-1-3-5-11)22-9-15(24)23(14)10-17(19,20)21/h5-10,13H,3-4,11-12,14H2,1-2H3;1-8H,9-10H2. The quantitative estimate of drug-likeness (QED) is 0.172. The molecule has 4 aromatic rings. The van der Waals surface area contributed by atoms with Crippen LogP contribution in [0.25, 0.3) is 0 Å². The molecular formula is C38H35Cl2F4N5O2. The number of nitrogens with zero attached hydrogens (tertiary/aromatic N) is 5. The lowest BCUT2D eigenvalue weighted by Crippen LogP contribution is -2.40. The lowest BCUT2D eigenvalue weighted by Gasteiger charge is -2.27. The number of benzodiazepines with no additional fused rings is 2. The molecule has 0 bridgehead atoms. The monoisotopic (exact) mass is 739 g/mol. The molecule has 0 radical (unpaired) electrons. The number of rotatable bonds is 8. The fourth-order valence-corrected chi connectivity index (χ4v) is 6.22. The van der Waals surface area contributed by atoms with Gasteiger partial charge < -0.3 is 14.7 Å². The Morgan fingerprint density at radius 1 is 0.706 bits per heavy atom. The Hall–Kier alpha value is -4.58. The summed E-state index contributed by atoms with van der Waals surface area (Å²) in [6.07, 6.45) is -4.51. The molecule has 0 N–H and O–H groups in total. The van der Waals surface area contributed by atoms with E-state index in [2.05, 4.69) is 28.7 Å². The van der Waals surface area contributed by atoms with Crippen molar-refractivity contribution in [2.45, 2.75) is 20.0 Å². The molecule has 2 aliphatic rings. The summed E-state index contributed by atoms with van der Waals surface area (Å²) in [7, 11) is 0. The summed E-state index contributed by atoms with van der Waals surface area (Å²) in [6.45, 7) is 5.61. The van der Waals surface area contributed by atoms with E-state index in [1.54, 1.807) is 59.5 Å². The molecule has 7 nitrogen and oxygen atoms in total. The third-order valence-corrected chi connectivity index (χ3v) is 8.87. The predicted molar refractivity (Wildman–Crippen MR) is 195 cm³/mol. The number of amides is 2. The van der Waals surface area contributed by atoms with Crippen LogP contribution in [0.5, 0.6) is 0 Å². The van der Waals surface area contributed by atoms with E-state index < -0.39 is 18.6 Å². The molecule has 0 spiro atoms. The molecule has 2 heterocycles. The average molecular weight is 741 g/mol. The molecule has 51 heavy (non-hydrogen) atoms. The Morgan fingerprint density at radius 2 is 1.24 bits per heavy atom. The molecule has 0 saturated carbocycles. The summed E-state index contributed by atoms with van der Waals surface area (Å²) < 4.78 is 53.1. The number of hydrogen-bond donors (Lipinski definition) is 0. The van der Waals surface area contributed by atoms with Crippen molar-refractivity contribution in [1.82, 2.24) is 4.90 Å². The molecular weight excluding hydrogens is 705 g/mol. The van der Waals surface area contributed by atoms with Crippen LogP contribution in [-0.2, 0) is 9.59 Å². The first kappa shape index (κ1) is 37.7. The van der Waals surface area contributed by atoms with Gasteiger partial charge in [-0.15, -0.1) is 0 Å². The maximum absolute atomic E-state index is 14.4. The maximum Gasteiger partial charge on any atom is 0.406 e. The fraction of sp³-hybridized carbons (Fsp3) is 0.263. The number of carbonyl (C=O) groups is 2. The molecule has 4 aromatic carbocycles. The van der Waals surface area contributed by atoms with Crippen molar-refractivity contribution in [2.24, 2.45) is 9.98 Å². The largest absolute Gasteiger partial charge is 0.406 e. The number of aliphatic imine (C=N–C) groups is 2. The van der Waals surface area contributed by atoms with Crippen LogP contribution in [-0.4, -0.2) is 80.1 Å².